The molecule has 0 N–H and O–H groups in total. The van der Waals surface area contributed by atoms with Gasteiger partial charge in [0.1, 0.15) is 5.75 Å². The molecule has 1 saturated heterocycles. The maximum absolute atomic E-state index is 13.2. The molecule has 1 amide bonds. The second-order valence-corrected chi connectivity index (χ2v) is 7.19. The molecule has 5 radical (unpaired) electrons. The Bertz CT molecular complexity index is 905. The van der Waals surface area contributed by atoms with Gasteiger partial charge >= 0.3 is 0 Å². The third-order valence-electron chi connectivity index (χ3n) is 5.62. The van der Waals surface area contributed by atoms with Crippen LogP contribution < -0.4 is 4.74 Å². The Kier molecular flexibility index (Phi) is 5.26. The van der Waals surface area contributed by atoms with Crippen LogP contribution in [-0.4, -0.2) is 22.8 Å². The molecule has 1 saturated carbocycles. The second-order valence-electron chi connectivity index (χ2n) is 7.19. The average Bonchev–Trinajstić information content (AvgIpc) is 3.25. The van der Waals surface area contributed by atoms with Gasteiger partial charge in [-0.3, -0.25) is 14.9 Å². The third-order valence-corrected chi connectivity index (χ3v) is 5.62. The van der Waals surface area contributed by atoms with Crippen LogP contribution in [0, 0.1) is 47.6 Å². The normalized spacial score (nSPS) is 23.0. The highest BCUT2D eigenvalue weighted by Gasteiger charge is 2.54. The van der Waals surface area contributed by atoms with E-state index in [9.17, 15) is 14.9 Å². The lowest BCUT2D eigenvalue weighted by Crippen LogP contribution is -2.57. The van der Waals surface area contributed by atoms with Crippen LogP contribution in [0.25, 0.3) is 0 Å². The van der Waals surface area contributed by atoms with Crippen molar-refractivity contribution in [1.82, 2.24) is 4.90 Å². The zero-order valence-electron chi connectivity index (χ0n) is 16.2. The number of nitro groups is 1. The van der Waals surface area contributed by atoms with Gasteiger partial charge in [-0.05, 0) is 61.8 Å². The summed E-state index contributed by atoms with van der Waals surface area (Å²) >= 11 is 0. The lowest BCUT2D eigenvalue weighted by molar-refractivity contribution is -0.384. The van der Waals surface area contributed by atoms with Crippen LogP contribution in [0.4, 0.5) is 5.69 Å². The summed E-state index contributed by atoms with van der Waals surface area (Å²) in [6.07, 6.45) is 7.75. The minimum atomic E-state index is -0.416. The molecule has 2 fully saturated rings. The van der Waals surface area contributed by atoms with E-state index in [1.165, 1.54) is 12.1 Å². The molecule has 0 aromatic heterocycles. The standard InChI is InChI=1S/C23H21N2O4/c1-15(18-8-5-9-20(14-18)29-2)24-22(17-10-12-19(13-11-17)25(27)28)21(23(24)26)16-6-3-4-7-16/h3-15,21-22H,1-2H3/t15-,21+,22-/m0/s1. The van der Waals surface area contributed by atoms with Crippen molar-refractivity contribution >= 4 is 11.6 Å². The average molecular weight is 389 g/mol. The molecule has 4 rings (SSSR count). The maximum atomic E-state index is 13.2. The quantitative estimate of drug-likeness (QED) is 0.420. The summed E-state index contributed by atoms with van der Waals surface area (Å²) in [6.45, 7) is 1.99. The molecule has 3 atom stereocenters. The number of carbonyl (C=O) groups excluding carboxylic acids is 1. The predicted octanol–water partition coefficient (Wildman–Crippen LogP) is 4.27. The molecular weight excluding hydrogens is 368 g/mol. The van der Waals surface area contributed by atoms with Gasteiger partial charge in [-0.15, -0.1) is 0 Å². The molecule has 2 aliphatic rings. The van der Waals surface area contributed by atoms with Gasteiger partial charge in [0.25, 0.3) is 5.69 Å². The van der Waals surface area contributed by atoms with E-state index in [1.807, 2.05) is 61.8 Å². The number of nitro benzene ring substituents is 1. The largest absolute Gasteiger partial charge is 0.497 e. The smallest absolute Gasteiger partial charge is 0.269 e. The number of β-lactam (4-membered cyclic amide) rings is 1. The number of methoxy groups -OCH3 is 1. The van der Waals surface area contributed by atoms with Crippen molar-refractivity contribution < 1.29 is 14.5 Å². The van der Waals surface area contributed by atoms with Crippen molar-refractivity contribution in [1.29, 1.82) is 0 Å². The van der Waals surface area contributed by atoms with Gasteiger partial charge in [-0.25, -0.2) is 0 Å². The molecule has 29 heavy (non-hydrogen) atoms. The van der Waals surface area contributed by atoms with Crippen LogP contribution in [0.2, 0.25) is 0 Å². The Morgan fingerprint density at radius 2 is 1.79 bits per heavy atom. The first-order valence-corrected chi connectivity index (χ1v) is 9.43. The predicted molar refractivity (Wildman–Crippen MR) is 108 cm³/mol. The molecule has 0 unspecified atom stereocenters. The summed E-state index contributed by atoms with van der Waals surface area (Å²) in [6, 6.07) is 13.8. The van der Waals surface area contributed by atoms with Gasteiger partial charge in [0.2, 0.25) is 5.91 Å². The van der Waals surface area contributed by atoms with Gasteiger partial charge in [-0.2, -0.15) is 0 Å². The first-order chi connectivity index (χ1) is 14.0. The molecule has 2 aromatic rings. The number of non-ortho nitro benzene ring substituents is 1. The summed E-state index contributed by atoms with van der Waals surface area (Å²) < 4.78 is 5.32. The highest BCUT2D eigenvalue weighted by molar-refractivity contribution is 5.90. The molecule has 6 nitrogen and oxygen atoms in total. The van der Waals surface area contributed by atoms with Gasteiger partial charge < -0.3 is 9.64 Å². The summed E-state index contributed by atoms with van der Waals surface area (Å²) in [7, 11) is 1.61. The number of ether oxygens (including phenoxy) is 1. The SMILES string of the molecule is COc1cccc([C@H](C)N2C(=O)[C@H]([C]3[CH][CH][CH][CH]3)[C@@H]2c2ccc([N+](=O)[O-])cc2)c1. The molecule has 2 aromatic carbocycles. The molecule has 147 valence electrons. The van der Waals surface area contributed by atoms with E-state index in [0.717, 1.165) is 22.8 Å². The van der Waals surface area contributed by atoms with Crippen molar-refractivity contribution in [3.05, 3.63) is 101 Å². The van der Waals surface area contributed by atoms with Crippen molar-refractivity contribution in [2.45, 2.75) is 19.0 Å². The van der Waals surface area contributed by atoms with E-state index in [-0.39, 0.29) is 29.6 Å². The first kappa shape index (κ1) is 19.4. The third kappa shape index (κ3) is 3.48. The minimum Gasteiger partial charge on any atom is -0.497 e. The number of rotatable bonds is 6. The van der Waals surface area contributed by atoms with Gasteiger partial charge in [0.05, 0.1) is 30.0 Å². The summed E-state index contributed by atoms with van der Waals surface area (Å²) in [5.41, 5.74) is 1.90. The minimum absolute atomic E-state index is 0.0386. The molecule has 1 aliphatic carbocycles. The molecule has 6 heteroatoms. The Hall–Kier alpha value is -2.89. The van der Waals surface area contributed by atoms with Crippen LogP contribution in [0.15, 0.2) is 48.5 Å². The van der Waals surface area contributed by atoms with E-state index < -0.39 is 4.92 Å². The van der Waals surface area contributed by atoms with Crippen LogP contribution >= 0.6 is 0 Å². The monoisotopic (exact) mass is 389 g/mol. The summed E-state index contributed by atoms with van der Waals surface area (Å²) in [5.74, 6) is 1.46. The van der Waals surface area contributed by atoms with Gasteiger partial charge in [-0.1, -0.05) is 24.3 Å². The van der Waals surface area contributed by atoms with E-state index in [0.29, 0.717) is 0 Å². The molecule has 0 bridgehead atoms. The Balaban J connectivity index is 1.67. The number of likely N-dealkylation sites (tertiary alicyclic amines) is 1. The van der Waals surface area contributed by atoms with Crippen LogP contribution in [-0.2, 0) is 4.79 Å². The lowest BCUT2D eigenvalue weighted by atomic mass is 9.72. The van der Waals surface area contributed by atoms with Crippen molar-refractivity contribution in [2.24, 2.45) is 5.92 Å². The number of benzene rings is 2. The van der Waals surface area contributed by atoms with E-state index in [4.69, 9.17) is 4.74 Å². The van der Waals surface area contributed by atoms with Crippen molar-refractivity contribution in [3.63, 3.8) is 0 Å². The summed E-state index contributed by atoms with van der Waals surface area (Å²) in [5, 5.41) is 11.0. The fourth-order valence-electron chi connectivity index (χ4n) is 4.07. The molecule has 0 spiro atoms. The number of nitrogens with zero attached hydrogens (tertiary/aromatic N) is 2. The van der Waals surface area contributed by atoms with Gasteiger partial charge in [0, 0.05) is 12.1 Å². The fraction of sp³-hybridized carbons (Fsp3) is 0.217. The van der Waals surface area contributed by atoms with Crippen molar-refractivity contribution in [3.8, 4) is 5.75 Å². The van der Waals surface area contributed by atoms with E-state index in [2.05, 4.69) is 0 Å². The van der Waals surface area contributed by atoms with E-state index >= 15 is 0 Å². The molecular formula is C23H21N2O4. The Morgan fingerprint density at radius 1 is 1.10 bits per heavy atom. The maximum Gasteiger partial charge on any atom is 0.269 e. The molecule has 1 aliphatic heterocycles. The van der Waals surface area contributed by atoms with Crippen molar-refractivity contribution in [2.75, 3.05) is 7.11 Å². The fourth-order valence-corrected chi connectivity index (χ4v) is 4.07. The highest BCUT2D eigenvalue weighted by Crippen LogP contribution is 2.52. The number of hydrogen-bond acceptors (Lipinski definition) is 4. The second kappa shape index (κ2) is 7.85. The number of carbonyl (C=O) groups is 1. The lowest BCUT2D eigenvalue weighted by Gasteiger charge is -2.52. The van der Waals surface area contributed by atoms with Crippen LogP contribution in [0.1, 0.15) is 30.1 Å². The first-order valence-electron chi connectivity index (χ1n) is 9.43. The zero-order chi connectivity index (χ0) is 20.5. The van der Waals surface area contributed by atoms with E-state index in [1.54, 1.807) is 19.2 Å². The summed E-state index contributed by atoms with van der Waals surface area (Å²) in [4.78, 5) is 25.6. The topological polar surface area (TPSA) is 72.7 Å². The number of hydrogen-bond donors (Lipinski definition) is 0. The van der Waals surface area contributed by atoms with Gasteiger partial charge in [0.15, 0.2) is 0 Å². The zero-order valence-corrected chi connectivity index (χ0v) is 16.2. The number of amides is 1. The molecule has 1 heterocycles. The van der Waals surface area contributed by atoms with Crippen LogP contribution in [0.3, 0.4) is 0 Å². The Labute approximate surface area is 170 Å². The van der Waals surface area contributed by atoms with Crippen LogP contribution in [0.5, 0.6) is 5.75 Å². The Morgan fingerprint density at radius 3 is 2.41 bits per heavy atom. The highest BCUT2D eigenvalue weighted by atomic mass is 16.6.